The zero-order chi connectivity index (χ0) is 16.7. The van der Waals surface area contributed by atoms with Crippen molar-refractivity contribution in [3.05, 3.63) is 60.5 Å². The summed E-state index contributed by atoms with van der Waals surface area (Å²) in [6, 6.07) is 15.4. The molecule has 0 saturated heterocycles. The molecule has 0 fully saturated rings. The van der Waals surface area contributed by atoms with Gasteiger partial charge in [-0.2, -0.15) is 0 Å². The second-order valence-electron chi connectivity index (χ2n) is 4.50. The molecule has 2 rings (SSSR count). The molecule has 122 valence electrons. The van der Waals surface area contributed by atoms with Gasteiger partial charge in [0.1, 0.15) is 11.5 Å². The van der Waals surface area contributed by atoms with E-state index in [2.05, 4.69) is 6.58 Å². The average Bonchev–Trinajstić information content (AvgIpc) is 2.60. The van der Waals surface area contributed by atoms with Gasteiger partial charge in [-0.1, -0.05) is 48.7 Å². The van der Waals surface area contributed by atoms with Gasteiger partial charge in [0.25, 0.3) is 0 Å². The molecule has 0 aliphatic carbocycles. The zero-order valence-corrected chi connectivity index (χ0v) is 15.3. The molecular formula is C17H20O4SSi. The van der Waals surface area contributed by atoms with E-state index in [1.54, 1.807) is 26.7 Å². The van der Waals surface area contributed by atoms with Crippen LogP contribution in [0.5, 0.6) is 11.5 Å². The number of benzene rings is 2. The normalized spacial score (nSPS) is 11.3. The van der Waals surface area contributed by atoms with E-state index in [1.807, 2.05) is 48.5 Å². The van der Waals surface area contributed by atoms with E-state index >= 15 is 0 Å². The minimum Gasteiger partial charge on any atom is -0.456 e. The van der Waals surface area contributed by atoms with Gasteiger partial charge in [0.15, 0.2) is 0 Å². The highest BCUT2D eigenvalue weighted by Gasteiger charge is 2.43. The Kier molecular flexibility index (Phi) is 6.44. The largest absolute Gasteiger partial charge is 0.540 e. The van der Waals surface area contributed by atoms with E-state index in [0.717, 1.165) is 15.8 Å². The van der Waals surface area contributed by atoms with Crippen molar-refractivity contribution in [1.29, 1.82) is 0 Å². The lowest BCUT2D eigenvalue weighted by molar-refractivity contribution is 0.140. The van der Waals surface area contributed by atoms with Crippen LogP contribution in [-0.2, 0) is 13.3 Å². The highest BCUT2D eigenvalue weighted by atomic mass is 32.2. The smallest absolute Gasteiger partial charge is 0.456 e. The first-order valence-electron chi connectivity index (χ1n) is 7.00. The monoisotopic (exact) mass is 348 g/mol. The molecule has 2 aromatic carbocycles. The molecule has 0 bridgehead atoms. The Morgan fingerprint density at radius 3 is 2.04 bits per heavy atom. The van der Waals surface area contributed by atoms with Crippen LogP contribution in [0.2, 0.25) is 0 Å². The summed E-state index contributed by atoms with van der Waals surface area (Å²) in [6.45, 7) is 3.75. The van der Waals surface area contributed by atoms with Crippen LogP contribution in [0.3, 0.4) is 0 Å². The van der Waals surface area contributed by atoms with Gasteiger partial charge in [-0.15, -0.1) is 0 Å². The molecule has 0 radical (unpaired) electrons. The Morgan fingerprint density at radius 2 is 1.43 bits per heavy atom. The molecule has 2 aromatic rings. The minimum absolute atomic E-state index is 0.654. The van der Waals surface area contributed by atoms with Gasteiger partial charge in [0.2, 0.25) is 0 Å². The maximum atomic E-state index is 6.13. The summed E-state index contributed by atoms with van der Waals surface area (Å²) < 4.78 is 22.8. The third kappa shape index (κ3) is 3.85. The van der Waals surface area contributed by atoms with Crippen LogP contribution in [0.25, 0.3) is 0 Å². The van der Waals surface area contributed by atoms with Crippen LogP contribution in [0, 0.1) is 0 Å². The Morgan fingerprint density at radius 1 is 0.870 bits per heavy atom. The van der Waals surface area contributed by atoms with Crippen LogP contribution in [0.4, 0.5) is 0 Å². The molecule has 0 amide bonds. The second-order valence-corrected chi connectivity index (χ2v) is 8.38. The Balaban J connectivity index is 2.44. The SMILES string of the molecule is C=CSc1ccccc1Oc1ccccc1[Si](OC)(OC)OC. The van der Waals surface area contributed by atoms with Crippen molar-refractivity contribution in [1.82, 2.24) is 0 Å². The van der Waals surface area contributed by atoms with Gasteiger partial charge in [0, 0.05) is 21.3 Å². The van der Waals surface area contributed by atoms with Gasteiger partial charge < -0.3 is 18.0 Å². The van der Waals surface area contributed by atoms with Crippen molar-refractivity contribution in [2.45, 2.75) is 4.90 Å². The number of hydrogen-bond acceptors (Lipinski definition) is 5. The molecule has 0 atom stereocenters. The summed E-state index contributed by atoms with van der Waals surface area (Å²) >= 11 is 1.51. The van der Waals surface area contributed by atoms with Gasteiger partial charge in [-0.25, -0.2) is 0 Å². The second kappa shape index (κ2) is 8.33. The summed E-state index contributed by atoms with van der Waals surface area (Å²) in [6.07, 6.45) is 0. The average molecular weight is 348 g/mol. The van der Waals surface area contributed by atoms with Crippen LogP contribution >= 0.6 is 11.8 Å². The minimum atomic E-state index is -2.98. The first-order valence-corrected chi connectivity index (χ1v) is 9.60. The first-order chi connectivity index (χ1) is 11.2. The van der Waals surface area contributed by atoms with Crippen molar-refractivity contribution in [2.75, 3.05) is 21.3 Å². The third-order valence-corrected chi connectivity index (χ3v) is 6.75. The van der Waals surface area contributed by atoms with Gasteiger partial charge in [-0.05, 0) is 23.6 Å². The van der Waals surface area contributed by atoms with E-state index < -0.39 is 8.80 Å². The van der Waals surface area contributed by atoms with Gasteiger partial charge in [0.05, 0.1) is 10.1 Å². The van der Waals surface area contributed by atoms with Crippen molar-refractivity contribution in [2.24, 2.45) is 0 Å². The maximum Gasteiger partial charge on any atom is 0.540 e. The fraction of sp³-hybridized carbons (Fsp3) is 0.176. The number of hydrogen-bond donors (Lipinski definition) is 0. The zero-order valence-electron chi connectivity index (χ0n) is 13.4. The lowest BCUT2D eigenvalue weighted by atomic mass is 10.3. The predicted molar refractivity (Wildman–Crippen MR) is 95.4 cm³/mol. The summed E-state index contributed by atoms with van der Waals surface area (Å²) in [7, 11) is 1.76. The standard InChI is InChI=1S/C17H20O4SSi/c1-5-22-16-12-8-6-10-14(16)21-15-11-7-9-13-17(15)23(18-2,19-3)20-4/h5-13H,1H2,2-4H3. The summed E-state index contributed by atoms with van der Waals surface area (Å²) in [5.41, 5.74) is 0. The molecular weight excluding hydrogens is 328 g/mol. The van der Waals surface area contributed by atoms with Crippen molar-refractivity contribution >= 4 is 25.8 Å². The topological polar surface area (TPSA) is 36.9 Å². The Bertz CT molecular complexity index is 650. The molecule has 0 aliphatic heterocycles. The highest BCUT2D eigenvalue weighted by Crippen LogP contribution is 2.33. The number of para-hydroxylation sites is 2. The van der Waals surface area contributed by atoms with Crippen molar-refractivity contribution in [3.8, 4) is 11.5 Å². The fourth-order valence-electron chi connectivity index (χ4n) is 2.23. The summed E-state index contributed by atoms with van der Waals surface area (Å²) in [5.74, 6) is 1.40. The first kappa shape index (κ1) is 17.8. The van der Waals surface area contributed by atoms with E-state index in [0.29, 0.717) is 5.75 Å². The number of rotatable bonds is 8. The molecule has 0 aliphatic rings. The van der Waals surface area contributed by atoms with E-state index in [9.17, 15) is 0 Å². The molecule has 0 N–H and O–H groups in total. The quantitative estimate of drug-likeness (QED) is 0.536. The van der Waals surface area contributed by atoms with Crippen molar-refractivity contribution in [3.63, 3.8) is 0 Å². The molecule has 0 saturated carbocycles. The Labute approximate surface area is 142 Å². The molecule has 0 aromatic heterocycles. The lowest BCUT2D eigenvalue weighted by Crippen LogP contribution is -2.54. The maximum absolute atomic E-state index is 6.13. The Hall–Kier alpha value is -1.57. The van der Waals surface area contributed by atoms with Crippen LogP contribution in [0.1, 0.15) is 0 Å². The lowest BCUT2D eigenvalue weighted by Gasteiger charge is -2.26. The number of thioether (sulfide) groups is 1. The third-order valence-electron chi connectivity index (χ3n) is 3.30. The summed E-state index contributed by atoms with van der Waals surface area (Å²) in [5, 5.41) is 2.55. The fourth-order valence-corrected chi connectivity index (χ4v) is 4.69. The van der Waals surface area contributed by atoms with E-state index in [-0.39, 0.29) is 0 Å². The van der Waals surface area contributed by atoms with Crippen LogP contribution in [-0.4, -0.2) is 30.1 Å². The van der Waals surface area contributed by atoms with Gasteiger partial charge in [-0.3, -0.25) is 0 Å². The molecule has 0 unspecified atom stereocenters. The predicted octanol–water partition coefficient (Wildman–Crippen LogP) is 3.80. The number of ether oxygens (including phenoxy) is 1. The molecule has 6 heteroatoms. The van der Waals surface area contributed by atoms with E-state index in [1.165, 1.54) is 11.8 Å². The molecule has 4 nitrogen and oxygen atoms in total. The van der Waals surface area contributed by atoms with Crippen LogP contribution < -0.4 is 9.92 Å². The molecule has 0 heterocycles. The highest BCUT2D eigenvalue weighted by molar-refractivity contribution is 8.02. The molecule has 23 heavy (non-hydrogen) atoms. The van der Waals surface area contributed by atoms with Gasteiger partial charge >= 0.3 is 8.80 Å². The van der Waals surface area contributed by atoms with E-state index in [4.69, 9.17) is 18.0 Å². The van der Waals surface area contributed by atoms with Crippen LogP contribution in [0.15, 0.2) is 65.4 Å². The van der Waals surface area contributed by atoms with Crippen molar-refractivity contribution < 1.29 is 18.0 Å². The summed E-state index contributed by atoms with van der Waals surface area (Å²) in [4.78, 5) is 0.983. The molecule has 0 spiro atoms.